The largest absolute Gasteiger partial charge is 0.481 e. The van der Waals surface area contributed by atoms with Crippen molar-refractivity contribution >= 4 is 41.0 Å². The summed E-state index contributed by atoms with van der Waals surface area (Å²) in [5, 5.41) is 17.5. The molecule has 4 saturated heterocycles. The van der Waals surface area contributed by atoms with Gasteiger partial charge >= 0.3 is 11.9 Å². The molecule has 16 heteroatoms. The summed E-state index contributed by atoms with van der Waals surface area (Å²) in [5.74, 6) is -2.34. The first-order valence-electron chi connectivity index (χ1n) is 18.5. The first-order valence-corrected chi connectivity index (χ1v) is 19.4. The van der Waals surface area contributed by atoms with Crippen molar-refractivity contribution < 1.29 is 38.6 Å². The number of carboxylic acids is 1. The fraction of sp³-hybridized carbons (Fsp3) is 0.676. The molecule has 3 amide bonds. The molecule has 4 aliphatic heterocycles. The fourth-order valence-corrected chi connectivity index (χ4v) is 8.30. The van der Waals surface area contributed by atoms with Crippen molar-refractivity contribution in [2.24, 2.45) is 23.7 Å². The summed E-state index contributed by atoms with van der Waals surface area (Å²) in [6, 6.07) is -2.00. The Hall–Kier alpha value is -4.02. The third kappa shape index (κ3) is 10.4. The number of carboxylic acid groups (broad SMARTS) is 1. The maximum Gasteiger partial charge on any atom is 0.306 e. The van der Waals surface area contributed by atoms with E-state index in [-0.39, 0.29) is 54.6 Å². The molecule has 2 aromatic rings. The fourth-order valence-electron chi connectivity index (χ4n) is 7.46. The number of nitrogens with zero attached hydrogens (tertiary/aromatic N) is 5. The first-order chi connectivity index (χ1) is 25.2. The van der Waals surface area contributed by atoms with Crippen molar-refractivity contribution in [2.45, 2.75) is 103 Å². The highest BCUT2D eigenvalue weighted by Gasteiger charge is 2.43. The summed E-state index contributed by atoms with van der Waals surface area (Å²) in [4.78, 5) is 82.4. The third-order valence-electron chi connectivity index (χ3n) is 10.7. The second-order valence-corrected chi connectivity index (χ2v) is 16.1. The number of likely N-dealkylation sites (N-methyl/N-ethyl adjacent to an activating group) is 1. The van der Waals surface area contributed by atoms with Gasteiger partial charge in [-0.3, -0.25) is 28.9 Å². The Kier molecular flexibility index (Phi) is 13.5. The van der Waals surface area contributed by atoms with Crippen LogP contribution in [0.2, 0.25) is 0 Å². The molecule has 4 fully saturated rings. The zero-order valence-electron chi connectivity index (χ0n) is 31.4. The lowest BCUT2D eigenvalue weighted by Crippen LogP contribution is -2.62. The van der Waals surface area contributed by atoms with E-state index in [1.807, 2.05) is 20.8 Å². The van der Waals surface area contributed by atoms with Gasteiger partial charge in [-0.2, -0.15) is 0 Å². The zero-order valence-corrected chi connectivity index (χ0v) is 32.3. The maximum absolute atomic E-state index is 14.2. The van der Waals surface area contributed by atoms with E-state index in [1.54, 1.807) is 36.6 Å². The van der Waals surface area contributed by atoms with Gasteiger partial charge in [-0.25, -0.2) is 15.0 Å². The van der Waals surface area contributed by atoms with Gasteiger partial charge in [-0.1, -0.05) is 20.8 Å². The van der Waals surface area contributed by atoms with Gasteiger partial charge in [0, 0.05) is 62.6 Å². The highest BCUT2D eigenvalue weighted by atomic mass is 32.1. The zero-order chi connectivity index (χ0) is 38.4. The van der Waals surface area contributed by atoms with Crippen LogP contribution >= 0.6 is 11.3 Å². The van der Waals surface area contributed by atoms with Gasteiger partial charge < -0.3 is 30.1 Å². The maximum atomic E-state index is 14.2. The Bertz CT molecular complexity index is 1610. The lowest BCUT2D eigenvalue weighted by Gasteiger charge is -2.45. The van der Waals surface area contributed by atoms with E-state index in [4.69, 9.17) is 9.47 Å². The summed E-state index contributed by atoms with van der Waals surface area (Å²) < 4.78 is 11.2. The number of nitrogens with one attached hydrogen (secondary N) is 2. The molecule has 2 bridgehead atoms. The van der Waals surface area contributed by atoms with Crippen LogP contribution in [0.4, 0.5) is 0 Å². The Morgan fingerprint density at radius 3 is 2.30 bits per heavy atom. The second kappa shape index (κ2) is 17.9. The molecule has 0 unspecified atom stereocenters. The lowest BCUT2D eigenvalue weighted by atomic mass is 9.82. The van der Waals surface area contributed by atoms with Crippen LogP contribution in [0.3, 0.4) is 0 Å². The minimum absolute atomic E-state index is 0.0695. The van der Waals surface area contributed by atoms with Crippen LogP contribution in [0.5, 0.6) is 0 Å². The van der Waals surface area contributed by atoms with E-state index in [1.165, 1.54) is 6.92 Å². The molecule has 53 heavy (non-hydrogen) atoms. The third-order valence-corrected chi connectivity index (χ3v) is 11.7. The minimum Gasteiger partial charge on any atom is -0.481 e. The number of esters is 1. The van der Waals surface area contributed by atoms with E-state index < -0.39 is 48.0 Å². The average molecular weight is 756 g/mol. The highest BCUT2D eigenvalue weighted by Crippen LogP contribution is 2.33. The summed E-state index contributed by atoms with van der Waals surface area (Å²) in [6.07, 6.45) is 6.05. The van der Waals surface area contributed by atoms with Gasteiger partial charge in [0.2, 0.25) is 11.8 Å². The SMILES string of the molecule is CC(=O)O[C@H](C[C@H](C(C)C)N(C)C(=O)[C@@H](NC(=O)[C@H]1CC2CCN1CC2)C1COC1)c1nc(C(=O)N[C@@H](Cc2ncc(C)cn2)C[C@H](C)C(=O)O)cs1. The van der Waals surface area contributed by atoms with Crippen molar-refractivity contribution in [3.63, 3.8) is 0 Å². The molecule has 0 aliphatic carbocycles. The number of piperidine rings is 3. The van der Waals surface area contributed by atoms with Crippen LogP contribution in [0, 0.1) is 30.6 Å². The van der Waals surface area contributed by atoms with Crippen LogP contribution in [0.1, 0.15) is 92.8 Å². The number of rotatable bonds is 17. The van der Waals surface area contributed by atoms with Gasteiger partial charge in [0.1, 0.15) is 22.6 Å². The summed E-state index contributed by atoms with van der Waals surface area (Å²) in [6.45, 7) is 11.2. The number of carbonyl (C=O) groups excluding carboxylic acids is 4. The van der Waals surface area contributed by atoms with Crippen LogP contribution in [-0.4, -0.2) is 117 Å². The molecule has 6 rings (SSSR count). The van der Waals surface area contributed by atoms with Crippen molar-refractivity contribution in [3.8, 4) is 0 Å². The minimum atomic E-state index is -0.985. The predicted octanol–water partition coefficient (Wildman–Crippen LogP) is 2.79. The summed E-state index contributed by atoms with van der Waals surface area (Å²) >= 11 is 1.16. The van der Waals surface area contributed by atoms with Crippen molar-refractivity contribution in [3.05, 3.63) is 39.9 Å². The summed E-state index contributed by atoms with van der Waals surface area (Å²) in [7, 11) is 1.71. The number of fused-ring (bicyclic) bond motifs is 3. The molecule has 4 aliphatic rings. The predicted molar refractivity (Wildman–Crippen MR) is 195 cm³/mol. The standard InChI is InChI=1S/C37H53N7O8S/c1-20(2)28(43(6)36(48)32(25-17-51-18-25)42-34(47)29-12-24-7-9-44(29)10-8-24)14-30(52-23(5)45)35-41-27(19-53-35)33(46)40-26(11-22(4)37(49)50)13-31-38-15-21(3)16-39-31/h15-16,19-20,22,24-26,28-30,32H,7-14,17-18H2,1-6H3,(H,40,46)(H,42,47)(H,49,50)/t22-,26+,28+,29+,30+,32-/m0/s1. The molecule has 0 aromatic carbocycles. The normalized spacial score (nSPS) is 22.5. The monoisotopic (exact) mass is 755 g/mol. The van der Waals surface area contributed by atoms with Crippen molar-refractivity contribution in [1.29, 1.82) is 0 Å². The number of hydrogen-bond acceptors (Lipinski definition) is 12. The number of carbonyl (C=O) groups is 5. The van der Waals surface area contributed by atoms with Crippen molar-refractivity contribution in [1.82, 2.24) is 35.4 Å². The molecular formula is C37H53N7O8S. The topological polar surface area (TPSA) is 193 Å². The van der Waals surface area contributed by atoms with Gasteiger partial charge in [-0.15, -0.1) is 11.3 Å². The number of aromatic nitrogens is 3. The van der Waals surface area contributed by atoms with E-state index in [0.717, 1.165) is 49.3 Å². The number of amides is 3. The highest BCUT2D eigenvalue weighted by molar-refractivity contribution is 7.09. The number of hydrogen-bond donors (Lipinski definition) is 3. The van der Waals surface area contributed by atoms with Gasteiger partial charge in [0.05, 0.1) is 25.2 Å². The quantitative estimate of drug-likeness (QED) is 0.200. The molecular weight excluding hydrogens is 703 g/mol. The lowest BCUT2D eigenvalue weighted by molar-refractivity contribution is -0.151. The number of aliphatic carboxylic acids is 1. The summed E-state index contributed by atoms with van der Waals surface area (Å²) in [5.41, 5.74) is 0.963. The molecule has 0 spiro atoms. The molecule has 0 radical (unpaired) electrons. The smallest absolute Gasteiger partial charge is 0.306 e. The average Bonchev–Trinajstić information content (AvgIpc) is 3.60. The molecule has 15 nitrogen and oxygen atoms in total. The molecule has 6 atom stereocenters. The van der Waals surface area contributed by atoms with E-state index in [0.29, 0.717) is 30.0 Å². The van der Waals surface area contributed by atoms with Crippen LogP contribution in [-0.2, 0) is 35.1 Å². The molecule has 290 valence electrons. The van der Waals surface area contributed by atoms with Gasteiger partial charge in [-0.05, 0) is 63.1 Å². The van der Waals surface area contributed by atoms with E-state index in [2.05, 4.69) is 30.5 Å². The molecule has 3 N–H and O–H groups in total. The van der Waals surface area contributed by atoms with Gasteiger partial charge in [0.15, 0.2) is 6.10 Å². The van der Waals surface area contributed by atoms with Crippen LogP contribution in [0.15, 0.2) is 17.8 Å². The number of aryl methyl sites for hydroxylation is 1. The Morgan fingerprint density at radius 2 is 1.75 bits per heavy atom. The Balaban J connectivity index is 1.29. The van der Waals surface area contributed by atoms with Gasteiger partial charge in [0.25, 0.3) is 5.91 Å². The molecule has 0 saturated carbocycles. The van der Waals surface area contributed by atoms with Crippen LogP contribution in [0.25, 0.3) is 0 Å². The number of thiazole rings is 1. The first kappa shape index (κ1) is 40.2. The molecule has 6 heterocycles. The van der Waals surface area contributed by atoms with E-state index >= 15 is 0 Å². The molecule has 2 aromatic heterocycles. The Morgan fingerprint density at radius 1 is 1.08 bits per heavy atom. The second-order valence-electron chi connectivity index (χ2n) is 15.2. The Labute approximate surface area is 314 Å². The van der Waals surface area contributed by atoms with E-state index in [9.17, 15) is 29.1 Å². The number of ether oxygens (including phenoxy) is 2. The van der Waals surface area contributed by atoms with Crippen molar-refractivity contribution in [2.75, 3.05) is 33.4 Å². The van der Waals surface area contributed by atoms with Crippen LogP contribution < -0.4 is 10.6 Å².